The van der Waals surface area contributed by atoms with E-state index in [1.807, 2.05) is 41.7 Å². The van der Waals surface area contributed by atoms with Gasteiger partial charge in [0.05, 0.1) is 12.2 Å². The van der Waals surface area contributed by atoms with Crippen LogP contribution < -0.4 is 5.32 Å². The van der Waals surface area contributed by atoms with Crippen LogP contribution in [-0.4, -0.2) is 19.6 Å². The van der Waals surface area contributed by atoms with E-state index in [1.54, 1.807) is 0 Å². The first kappa shape index (κ1) is 13.6. The Morgan fingerprint density at radius 2 is 2.12 bits per heavy atom. The first-order valence-electron chi connectivity index (χ1n) is 5.46. The molecular formula is C11H18ClN5. The van der Waals surface area contributed by atoms with Crippen LogP contribution in [0.15, 0.2) is 18.3 Å². The van der Waals surface area contributed by atoms with Gasteiger partial charge in [0.15, 0.2) is 0 Å². The highest BCUT2D eigenvalue weighted by molar-refractivity contribution is 5.85. The second-order valence-electron chi connectivity index (χ2n) is 3.81. The van der Waals surface area contributed by atoms with E-state index >= 15 is 0 Å². The Morgan fingerprint density at radius 3 is 2.65 bits per heavy atom. The number of aromatic nitrogens is 4. The summed E-state index contributed by atoms with van der Waals surface area (Å²) in [5.41, 5.74) is 2.17. The summed E-state index contributed by atoms with van der Waals surface area (Å²) in [4.78, 5) is 0. The molecule has 0 saturated heterocycles. The van der Waals surface area contributed by atoms with E-state index in [4.69, 9.17) is 0 Å². The standard InChI is InChI=1S/C11H17N5.ClH/c1-4-16-6-5-10(13-16)8-12-11-7-9(2)15(3)14-11;/h5-7H,4,8H2,1-3H3,(H,12,14);1H. The number of halogens is 1. The van der Waals surface area contributed by atoms with Crippen molar-refractivity contribution in [3.63, 3.8) is 0 Å². The third-order valence-electron chi connectivity index (χ3n) is 2.58. The highest BCUT2D eigenvalue weighted by Crippen LogP contribution is 2.08. The van der Waals surface area contributed by atoms with Crippen LogP contribution in [0.25, 0.3) is 0 Å². The summed E-state index contributed by atoms with van der Waals surface area (Å²) < 4.78 is 3.77. The van der Waals surface area contributed by atoms with Gasteiger partial charge in [0.2, 0.25) is 0 Å². The van der Waals surface area contributed by atoms with E-state index in [0.29, 0.717) is 6.54 Å². The molecule has 0 aliphatic carbocycles. The molecule has 0 saturated carbocycles. The molecule has 0 aliphatic heterocycles. The number of anilines is 1. The second-order valence-corrected chi connectivity index (χ2v) is 3.81. The predicted molar refractivity (Wildman–Crippen MR) is 70.4 cm³/mol. The minimum Gasteiger partial charge on any atom is -0.363 e. The molecule has 0 fully saturated rings. The maximum Gasteiger partial charge on any atom is 0.148 e. The maximum absolute atomic E-state index is 4.39. The summed E-state index contributed by atoms with van der Waals surface area (Å²) >= 11 is 0. The molecule has 2 rings (SSSR count). The van der Waals surface area contributed by atoms with Gasteiger partial charge in [-0.15, -0.1) is 12.4 Å². The van der Waals surface area contributed by atoms with Gasteiger partial charge in [-0.25, -0.2) is 0 Å². The monoisotopic (exact) mass is 255 g/mol. The smallest absolute Gasteiger partial charge is 0.148 e. The number of hydrogen-bond donors (Lipinski definition) is 1. The van der Waals surface area contributed by atoms with E-state index in [-0.39, 0.29) is 12.4 Å². The molecule has 94 valence electrons. The first-order chi connectivity index (χ1) is 7.69. The van der Waals surface area contributed by atoms with Crippen molar-refractivity contribution >= 4 is 18.2 Å². The van der Waals surface area contributed by atoms with Crippen molar-refractivity contribution in [2.75, 3.05) is 5.32 Å². The lowest BCUT2D eigenvalue weighted by Gasteiger charge is -1.99. The molecule has 2 heterocycles. The average molecular weight is 256 g/mol. The maximum atomic E-state index is 4.39. The van der Waals surface area contributed by atoms with Crippen molar-refractivity contribution in [3.05, 3.63) is 29.7 Å². The fraction of sp³-hybridized carbons (Fsp3) is 0.455. The summed E-state index contributed by atoms with van der Waals surface area (Å²) in [5, 5.41) is 12.0. The quantitative estimate of drug-likeness (QED) is 0.909. The van der Waals surface area contributed by atoms with E-state index < -0.39 is 0 Å². The van der Waals surface area contributed by atoms with Gasteiger partial charge in [-0.2, -0.15) is 10.2 Å². The molecule has 0 radical (unpaired) electrons. The van der Waals surface area contributed by atoms with Crippen LogP contribution >= 0.6 is 12.4 Å². The van der Waals surface area contributed by atoms with Crippen LogP contribution in [0.3, 0.4) is 0 Å². The lowest BCUT2D eigenvalue weighted by Crippen LogP contribution is -2.03. The summed E-state index contributed by atoms with van der Waals surface area (Å²) in [7, 11) is 1.94. The Bertz CT molecular complexity index is 454. The number of nitrogens with zero attached hydrogens (tertiary/aromatic N) is 4. The van der Waals surface area contributed by atoms with E-state index in [0.717, 1.165) is 23.8 Å². The van der Waals surface area contributed by atoms with Crippen LogP contribution in [0.2, 0.25) is 0 Å². The van der Waals surface area contributed by atoms with E-state index in [1.165, 1.54) is 0 Å². The third-order valence-corrected chi connectivity index (χ3v) is 2.58. The minimum atomic E-state index is 0. The molecule has 0 spiro atoms. The molecule has 2 aromatic rings. The van der Waals surface area contributed by atoms with Crippen LogP contribution in [0, 0.1) is 6.92 Å². The molecule has 0 bridgehead atoms. The summed E-state index contributed by atoms with van der Waals surface area (Å²) in [6, 6.07) is 4.04. The van der Waals surface area contributed by atoms with Crippen molar-refractivity contribution in [2.24, 2.45) is 7.05 Å². The van der Waals surface area contributed by atoms with Crippen LogP contribution in [0.5, 0.6) is 0 Å². The first-order valence-corrected chi connectivity index (χ1v) is 5.46. The highest BCUT2D eigenvalue weighted by atomic mass is 35.5. The molecule has 17 heavy (non-hydrogen) atoms. The van der Waals surface area contributed by atoms with Crippen LogP contribution in [0.1, 0.15) is 18.3 Å². The van der Waals surface area contributed by atoms with Crippen molar-refractivity contribution in [1.29, 1.82) is 0 Å². The zero-order chi connectivity index (χ0) is 11.5. The molecule has 6 heteroatoms. The lowest BCUT2D eigenvalue weighted by molar-refractivity contribution is 0.648. The number of hydrogen-bond acceptors (Lipinski definition) is 3. The Hall–Kier alpha value is -1.49. The molecule has 0 unspecified atom stereocenters. The molecule has 0 atom stereocenters. The fourth-order valence-corrected chi connectivity index (χ4v) is 1.50. The number of nitrogens with one attached hydrogen (secondary N) is 1. The second kappa shape index (κ2) is 5.72. The van der Waals surface area contributed by atoms with Gasteiger partial charge in [0, 0.05) is 31.5 Å². The van der Waals surface area contributed by atoms with Crippen molar-refractivity contribution in [2.45, 2.75) is 26.9 Å². The molecule has 1 N–H and O–H groups in total. The Morgan fingerprint density at radius 1 is 1.35 bits per heavy atom. The Balaban J connectivity index is 0.00000144. The zero-order valence-electron chi connectivity index (χ0n) is 10.3. The SMILES string of the molecule is CCn1ccc(CNc2cc(C)n(C)n2)n1.Cl. The molecule has 5 nitrogen and oxygen atoms in total. The van der Waals surface area contributed by atoms with Gasteiger partial charge < -0.3 is 5.32 Å². The van der Waals surface area contributed by atoms with Gasteiger partial charge in [0.25, 0.3) is 0 Å². The number of rotatable bonds is 4. The van der Waals surface area contributed by atoms with E-state index in [2.05, 4.69) is 22.4 Å². The fourth-order valence-electron chi connectivity index (χ4n) is 1.50. The highest BCUT2D eigenvalue weighted by Gasteiger charge is 2.02. The topological polar surface area (TPSA) is 47.7 Å². The van der Waals surface area contributed by atoms with Crippen molar-refractivity contribution < 1.29 is 0 Å². The van der Waals surface area contributed by atoms with Crippen LogP contribution in [0.4, 0.5) is 5.82 Å². The summed E-state index contributed by atoms with van der Waals surface area (Å²) in [6.45, 7) is 5.72. The van der Waals surface area contributed by atoms with Gasteiger partial charge in [-0.05, 0) is 19.9 Å². The largest absolute Gasteiger partial charge is 0.363 e. The average Bonchev–Trinajstić information content (AvgIpc) is 2.84. The van der Waals surface area contributed by atoms with Gasteiger partial charge in [-0.3, -0.25) is 9.36 Å². The van der Waals surface area contributed by atoms with Gasteiger partial charge in [-0.1, -0.05) is 0 Å². The molecular weight excluding hydrogens is 238 g/mol. The van der Waals surface area contributed by atoms with E-state index in [9.17, 15) is 0 Å². The minimum absolute atomic E-state index is 0. The Kier molecular flexibility index (Phi) is 4.57. The molecule has 2 aromatic heterocycles. The predicted octanol–water partition coefficient (Wildman–Crippen LogP) is 1.98. The van der Waals surface area contributed by atoms with Gasteiger partial charge >= 0.3 is 0 Å². The molecule has 0 amide bonds. The number of aryl methyl sites for hydroxylation is 3. The molecule has 0 aromatic carbocycles. The van der Waals surface area contributed by atoms with Crippen LogP contribution in [-0.2, 0) is 20.1 Å². The molecule has 0 aliphatic rings. The van der Waals surface area contributed by atoms with Crippen molar-refractivity contribution in [3.8, 4) is 0 Å². The van der Waals surface area contributed by atoms with Gasteiger partial charge in [0.1, 0.15) is 5.82 Å². The van der Waals surface area contributed by atoms with Crippen molar-refractivity contribution in [1.82, 2.24) is 19.6 Å². The zero-order valence-corrected chi connectivity index (χ0v) is 11.2. The third kappa shape index (κ3) is 3.23. The Labute approximate surface area is 107 Å². The summed E-state index contributed by atoms with van der Waals surface area (Å²) in [6.07, 6.45) is 1.99. The lowest BCUT2D eigenvalue weighted by atomic mass is 10.4. The summed E-state index contributed by atoms with van der Waals surface area (Å²) in [5.74, 6) is 0.894. The normalized spacial score (nSPS) is 10.1.